The molecule has 0 aromatic rings. The van der Waals surface area contributed by atoms with E-state index < -0.39 is 11.3 Å². The van der Waals surface area contributed by atoms with Gasteiger partial charge in [0.15, 0.2) is 0 Å². The summed E-state index contributed by atoms with van der Waals surface area (Å²) in [7, 11) is 3.39. The maximum atomic E-state index is 10.2. The molecule has 2 N–H and O–H groups in total. The van der Waals surface area contributed by atoms with E-state index in [2.05, 4.69) is 5.32 Å². The summed E-state index contributed by atoms with van der Waals surface area (Å²) < 4.78 is 20.0. The van der Waals surface area contributed by atoms with E-state index in [1.54, 1.807) is 14.1 Å². The zero-order valence-corrected chi connectivity index (χ0v) is 6.44. The summed E-state index contributed by atoms with van der Waals surface area (Å²) in [4.78, 5) is 0. The Hall–Kier alpha value is 0.0300. The molecule has 0 spiro atoms. The molecule has 0 saturated heterocycles. The van der Waals surface area contributed by atoms with Gasteiger partial charge in [0.1, 0.15) is 0 Å². The maximum Gasteiger partial charge on any atom is 0.234 e. The first kappa shape index (κ1) is 9.03. The van der Waals surface area contributed by atoms with Crippen molar-refractivity contribution in [3.63, 3.8) is 0 Å². The Kier molecular flexibility index (Phi) is 4.88. The first-order valence-corrected chi connectivity index (χ1v) is 3.71. The summed E-state index contributed by atoms with van der Waals surface area (Å²) in [6.45, 7) is 1.31. The van der Waals surface area contributed by atoms with Gasteiger partial charge in [-0.25, -0.2) is 8.51 Å². The van der Waals surface area contributed by atoms with Gasteiger partial charge in [0.2, 0.25) is 11.3 Å². The Morgan fingerprint density at radius 2 is 2.33 bits per heavy atom. The SMILES string of the molecule is CNCCN(C)S(=O)O. The van der Waals surface area contributed by atoms with Crippen LogP contribution in [0.1, 0.15) is 0 Å². The van der Waals surface area contributed by atoms with Crippen LogP contribution in [0.5, 0.6) is 0 Å². The first-order valence-electron chi connectivity index (χ1n) is 2.65. The van der Waals surface area contributed by atoms with E-state index in [0.717, 1.165) is 6.54 Å². The molecule has 0 aliphatic carbocycles. The fraction of sp³-hybridized carbons (Fsp3) is 1.00. The molecular formula is C4H12N2O2S. The summed E-state index contributed by atoms with van der Waals surface area (Å²) >= 11 is -1.82. The number of nitrogens with zero attached hydrogens (tertiary/aromatic N) is 1. The number of nitrogens with one attached hydrogen (secondary N) is 1. The maximum absolute atomic E-state index is 10.2. The van der Waals surface area contributed by atoms with E-state index in [0.29, 0.717) is 6.54 Å². The van der Waals surface area contributed by atoms with Crippen LogP contribution < -0.4 is 5.32 Å². The molecular weight excluding hydrogens is 140 g/mol. The zero-order valence-electron chi connectivity index (χ0n) is 5.63. The van der Waals surface area contributed by atoms with Crippen LogP contribution in [0.3, 0.4) is 0 Å². The highest BCUT2D eigenvalue weighted by Crippen LogP contribution is 1.82. The van der Waals surface area contributed by atoms with Crippen LogP contribution in [-0.2, 0) is 11.3 Å². The van der Waals surface area contributed by atoms with E-state index in [-0.39, 0.29) is 0 Å². The van der Waals surface area contributed by atoms with Crippen LogP contribution in [-0.4, -0.2) is 40.3 Å². The molecule has 0 saturated carbocycles. The van der Waals surface area contributed by atoms with Crippen molar-refractivity contribution in [1.82, 2.24) is 9.62 Å². The van der Waals surface area contributed by atoms with Gasteiger partial charge in [-0.05, 0) is 7.05 Å². The standard InChI is InChI=1S/C4H12N2O2S/c1-5-3-4-6(2)9(7)8/h5H,3-4H2,1-2H3,(H,7,8). The molecule has 0 amide bonds. The Balaban J connectivity index is 3.27. The molecule has 1 unspecified atom stereocenters. The summed E-state index contributed by atoms with van der Waals surface area (Å²) in [6.07, 6.45) is 0. The largest absolute Gasteiger partial charge is 0.318 e. The van der Waals surface area contributed by atoms with E-state index in [4.69, 9.17) is 4.55 Å². The van der Waals surface area contributed by atoms with Gasteiger partial charge in [-0.15, -0.1) is 0 Å². The van der Waals surface area contributed by atoms with Gasteiger partial charge in [-0.2, -0.15) is 0 Å². The minimum atomic E-state index is -1.82. The number of likely N-dealkylation sites (N-methyl/N-ethyl adjacent to an activating group) is 2. The summed E-state index contributed by atoms with van der Waals surface area (Å²) in [5.41, 5.74) is 0. The topological polar surface area (TPSA) is 52.6 Å². The monoisotopic (exact) mass is 152 g/mol. The van der Waals surface area contributed by atoms with E-state index in [9.17, 15) is 4.21 Å². The second-order valence-corrected chi connectivity index (χ2v) is 2.77. The lowest BCUT2D eigenvalue weighted by molar-refractivity contribution is 0.445. The molecule has 9 heavy (non-hydrogen) atoms. The molecule has 0 bridgehead atoms. The minimum absolute atomic E-state index is 0.583. The van der Waals surface area contributed by atoms with Gasteiger partial charge < -0.3 is 5.32 Å². The minimum Gasteiger partial charge on any atom is -0.318 e. The number of hydrogen-bond acceptors (Lipinski definition) is 2. The normalized spacial score (nSPS) is 14.2. The fourth-order valence-corrected chi connectivity index (χ4v) is 0.595. The second kappa shape index (κ2) is 4.87. The van der Waals surface area contributed by atoms with Crippen LogP contribution in [0, 0.1) is 0 Å². The van der Waals surface area contributed by atoms with E-state index >= 15 is 0 Å². The third-order valence-electron chi connectivity index (χ3n) is 0.943. The number of rotatable bonds is 4. The lowest BCUT2D eigenvalue weighted by Gasteiger charge is -2.09. The molecule has 0 fully saturated rings. The molecule has 4 nitrogen and oxygen atoms in total. The van der Waals surface area contributed by atoms with E-state index in [1.807, 2.05) is 0 Å². The van der Waals surface area contributed by atoms with Crippen LogP contribution in [0.4, 0.5) is 0 Å². The Bertz CT molecular complexity index is 98.6. The van der Waals surface area contributed by atoms with Gasteiger partial charge in [0.25, 0.3) is 0 Å². The van der Waals surface area contributed by atoms with E-state index in [1.165, 1.54) is 4.31 Å². The van der Waals surface area contributed by atoms with Gasteiger partial charge >= 0.3 is 0 Å². The second-order valence-electron chi connectivity index (χ2n) is 1.69. The van der Waals surface area contributed by atoms with Gasteiger partial charge in [0.05, 0.1) is 0 Å². The Morgan fingerprint density at radius 1 is 1.78 bits per heavy atom. The van der Waals surface area contributed by atoms with Crippen molar-refractivity contribution in [3.05, 3.63) is 0 Å². The number of hydrogen-bond donors (Lipinski definition) is 2. The van der Waals surface area contributed by atoms with Crippen molar-refractivity contribution in [1.29, 1.82) is 0 Å². The van der Waals surface area contributed by atoms with Gasteiger partial charge in [0, 0.05) is 20.1 Å². The van der Waals surface area contributed by atoms with Crippen molar-refractivity contribution in [2.45, 2.75) is 0 Å². The average Bonchev–Trinajstić information content (AvgIpc) is 1.82. The van der Waals surface area contributed by atoms with Crippen LogP contribution in [0.25, 0.3) is 0 Å². The Labute approximate surface area is 57.7 Å². The highest BCUT2D eigenvalue weighted by Gasteiger charge is 2.00. The van der Waals surface area contributed by atoms with Crippen molar-refractivity contribution in [2.24, 2.45) is 0 Å². The third kappa shape index (κ3) is 4.53. The van der Waals surface area contributed by atoms with Crippen molar-refractivity contribution in [2.75, 3.05) is 27.2 Å². The summed E-state index contributed by atoms with van der Waals surface area (Å²) in [6, 6.07) is 0. The quantitative estimate of drug-likeness (QED) is 0.522. The first-order chi connectivity index (χ1) is 4.18. The van der Waals surface area contributed by atoms with Crippen LogP contribution >= 0.6 is 0 Å². The lowest BCUT2D eigenvalue weighted by Crippen LogP contribution is -2.28. The molecule has 0 aromatic carbocycles. The molecule has 0 aromatic heterocycles. The molecule has 1 atom stereocenters. The lowest BCUT2D eigenvalue weighted by atomic mass is 10.6. The van der Waals surface area contributed by atoms with Gasteiger partial charge in [-0.3, -0.25) is 4.55 Å². The third-order valence-corrected chi connectivity index (χ3v) is 1.66. The molecule has 0 radical (unpaired) electrons. The van der Waals surface area contributed by atoms with Crippen LogP contribution in [0.2, 0.25) is 0 Å². The molecule has 0 heterocycles. The predicted molar refractivity (Wildman–Crippen MR) is 37.3 cm³/mol. The smallest absolute Gasteiger partial charge is 0.234 e. The molecule has 5 heteroatoms. The highest BCUT2D eigenvalue weighted by molar-refractivity contribution is 7.76. The fourth-order valence-electron chi connectivity index (χ4n) is 0.347. The van der Waals surface area contributed by atoms with Crippen LogP contribution in [0.15, 0.2) is 0 Å². The molecule has 0 aliphatic heterocycles. The zero-order chi connectivity index (χ0) is 7.28. The van der Waals surface area contributed by atoms with Gasteiger partial charge in [-0.1, -0.05) is 0 Å². The van der Waals surface area contributed by atoms with Crippen molar-refractivity contribution in [3.8, 4) is 0 Å². The van der Waals surface area contributed by atoms with Crippen molar-refractivity contribution >= 4 is 11.3 Å². The average molecular weight is 152 g/mol. The Morgan fingerprint density at radius 3 is 2.67 bits per heavy atom. The summed E-state index contributed by atoms with van der Waals surface area (Å²) in [5.74, 6) is 0. The molecule has 0 rings (SSSR count). The molecule has 0 aliphatic rings. The predicted octanol–water partition coefficient (Wildman–Crippen LogP) is -0.726. The molecule has 56 valence electrons. The summed E-state index contributed by atoms with van der Waals surface area (Å²) in [5, 5.41) is 2.87. The highest BCUT2D eigenvalue weighted by atomic mass is 32.2. The van der Waals surface area contributed by atoms with Crippen molar-refractivity contribution < 1.29 is 8.76 Å².